The van der Waals surface area contributed by atoms with E-state index in [9.17, 15) is 73.2 Å². The molecule has 0 bridgehead atoms. The second kappa shape index (κ2) is 27.1. The molecule has 16 N–H and O–H groups in total. The molecule has 0 radical (unpaired) electrons. The third-order valence-corrected chi connectivity index (χ3v) is 11.6. The van der Waals surface area contributed by atoms with E-state index in [1.807, 2.05) is 0 Å². The Morgan fingerprint density at radius 2 is 1.05 bits per heavy atom. The number of hydrogen-bond donors (Lipinski definition) is 13. The summed E-state index contributed by atoms with van der Waals surface area (Å²) in [5, 5.41) is 53.1. The van der Waals surface area contributed by atoms with Crippen molar-refractivity contribution in [3.05, 3.63) is 95.6 Å². The fourth-order valence-corrected chi connectivity index (χ4v) is 7.71. The van der Waals surface area contributed by atoms with Gasteiger partial charge in [-0.25, -0.2) is 4.79 Å². The highest BCUT2D eigenvalue weighted by molar-refractivity contribution is 5.99. The maximum absolute atomic E-state index is 14.5. The van der Waals surface area contributed by atoms with Gasteiger partial charge in [0.1, 0.15) is 53.8 Å². The lowest BCUT2D eigenvalue weighted by molar-refractivity contribution is -0.143. The van der Waals surface area contributed by atoms with Crippen LogP contribution in [0.1, 0.15) is 62.1 Å². The van der Waals surface area contributed by atoms with Gasteiger partial charge in [0.2, 0.25) is 53.2 Å². The van der Waals surface area contributed by atoms with E-state index in [2.05, 4.69) is 31.9 Å². The first-order valence-electron chi connectivity index (χ1n) is 23.0. The van der Waals surface area contributed by atoms with Crippen LogP contribution >= 0.6 is 0 Å². The van der Waals surface area contributed by atoms with Crippen LogP contribution in [0.3, 0.4) is 0 Å². The van der Waals surface area contributed by atoms with Gasteiger partial charge in [-0.05, 0) is 67.1 Å². The van der Waals surface area contributed by atoms with Crippen LogP contribution in [0.2, 0.25) is 0 Å². The van der Waals surface area contributed by atoms with Crippen LogP contribution in [-0.4, -0.2) is 145 Å². The van der Waals surface area contributed by atoms with Crippen LogP contribution in [0.25, 0.3) is 0 Å². The van der Waals surface area contributed by atoms with E-state index in [1.54, 1.807) is 30.3 Å². The lowest BCUT2D eigenvalue weighted by Gasteiger charge is -2.31. The summed E-state index contributed by atoms with van der Waals surface area (Å²) in [6, 6.07) is 7.69. The molecule has 1 heterocycles. The molecule has 392 valence electrons. The van der Waals surface area contributed by atoms with Gasteiger partial charge in [0, 0.05) is 32.2 Å². The number of aromatic hydroxyl groups is 2. The molecule has 4 rings (SSSR count). The van der Waals surface area contributed by atoms with E-state index in [0.29, 0.717) is 23.1 Å². The van der Waals surface area contributed by atoms with Crippen molar-refractivity contribution in [2.24, 2.45) is 17.2 Å². The maximum atomic E-state index is 14.5. The Labute approximate surface area is 418 Å². The molecule has 0 aliphatic carbocycles. The molecule has 1 fully saturated rings. The number of nitrogens with zero attached hydrogens (tertiary/aromatic N) is 1. The largest absolute Gasteiger partial charge is 0.508 e. The smallest absolute Gasteiger partial charge is 0.326 e. The second-order valence-electron chi connectivity index (χ2n) is 17.4. The van der Waals surface area contributed by atoms with E-state index in [0.717, 1.165) is 0 Å². The van der Waals surface area contributed by atoms with E-state index < -0.39 is 126 Å². The number of carboxylic acid groups (broad SMARTS) is 2. The number of phenolic OH excluding ortho intramolecular Hbond substituents is 2. The Balaban J connectivity index is 1.60. The topological polar surface area (TPSA) is 422 Å². The molecule has 1 saturated heterocycles. The quantitative estimate of drug-likeness (QED) is 0.0364. The van der Waals surface area contributed by atoms with E-state index in [4.69, 9.17) is 17.2 Å². The maximum Gasteiger partial charge on any atom is 0.326 e. The highest BCUT2D eigenvalue weighted by Crippen LogP contribution is 2.22. The second-order valence-corrected chi connectivity index (χ2v) is 17.4. The number of rotatable bonds is 27. The third kappa shape index (κ3) is 18.3. The molecule has 0 saturated carbocycles. The van der Waals surface area contributed by atoms with Gasteiger partial charge >= 0.3 is 11.9 Å². The number of aliphatic carboxylic acids is 2. The van der Waals surface area contributed by atoms with Gasteiger partial charge in [0.05, 0.1) is 18.9 Å². The van der Waals surface area contributed by atoms with Crippen molar-refractivity contribution in [3.8, 4) is 11.5 Å². The molecule has 3 aromatic carbocycles. The minimum absolute atomic E-state index is 0.0355. The average molecular weight is 1020 g/mol. The lowest BCUT2D eigenvalue weighted by atomic mass is 10.0. The molecule has 1 aliphatic rings. The normalized spacial score (nSPS) is 15.9. The van der Waals surface area contributed by atoms with Crippen LogP contribution in [0, 0.1) is 0 Å². The van der Waals surface area contributed by atoms with E-state index >= 15 is 0 Å². The first-order valence-corrected chi connectivity index (χ1v) is 23.0. The minimum Gasteiger partial charge on any atom is -0.508 e. The number of carbonyl (C=O) groups is 11. The number of carbonyl (C=O) groups excluding carboxylic acids is 9. The highest BCUT2D eigenvalue weighted by Gasteiger charge is 2.40. The van der Waals surface area contributed by atoms with Gasteiger partial charge in [-0.3, -0.25) is 47.9 Å². The van der Waals surface area contributed by atoms with Crippen molar-refractivity contribution >= 4 is 65.1 Å². The molecule has 0 unspecified atom stereocenters. The van der Waals surface area contributed by atoms with Crippen LogP contribution in [0.5, 0.6) is 11.5 Å². The zero-order chi connectivity index (χ0) is 53.9. The Bertz CT molecular complexity index is 2490. The lowest BCUT2D eigenvalue weighted by Crippen LogP contribution is -2.60. The van der Waals surface area contributed by atoms with Crippen LogP contribution < -0.4 is 49.1 Å². The summed E-state index contributed by atoms with van der Waals surface area (Å²) in [6.07, 6.45) is -2.49. The van der Waals surface area contributed by atoms with Gasteiger partial charge < -0.3 is 74.4 Å². The summed E-state index contributed by atoms with van der Waals surface area (Å²) in [5.41, 5.74) is 17.8. The van der Waals surface area contributed by atoms with Crippen LogP contribution in [0.4, 0.5) is 0 Å². The molecular weight excluding hydrogens is 957 g/mol. The van der Waals surface area contributed by atoms with Crippen molar-refractivity contribution in [3.63, 3.8) is 0 Å². The molecular formula is C48H60N10O15. The van der Waals surface area contributed by atoms with Crippen LogP contribution in [0.15, 0.2) is 78.9 Å². The first-order chi connectivity index (χ1) is 34.5. The summed E-state index contributed by atoms with van der Waals surface area (Å²) in [4.78, 5) is 145. The van der Waals surface area contributed by atoms with E-state index in [-0.39, 0.29) is 56.6 Å². The average Bonchev–Trinajstić information content (AvgIpc) is 3.83. The summed E-state index contributed by atoms with van der Waals surface area (Å²) >= 11 is 0. The highest BCUT2D eigenvalue weighted by atomic mass is 16.4. The number of phenols is 2. The summed E-state index contributed by atoms with van der Waals surface area (Å²) in [5.74, 6) is -11.5. The SMILES string of the molecule is C[C@H](NC(=O)[C@H](CC(N)=O)NC(=O)[C@H](Cc1ccc(O)cc1)NC(=O)[C@H](Cc1ccccc1)NC(=O)[C@@H]1CCCN1C(=O)[C@H](Cc1ccc(O)cc1)NC(=O)[C@@H](N)CC(=O)O)C(=O)N[C@@H](CCC(N)=O)C(=O)O. The molecule has 1 aliphatic heterocycles. The Hall–Kier alpha value is -8.61. The number of amides is 9. The Morgan fingerprint density at radius 3 is 1.58 bits per heavy atom. The molecule has 3 aromatic rings. The zero-order valence-corrected chi connectivity index (χ0v) is 39.7. The molecule has 25 heteroatoms. The summed E-state index contributed by atoms with van der Waals surface area (Å²) in [7, 11) is 0. The summed E-state index contributed by atoms with van der Waals surface area (Å²) in [6.45, 7) is 1.21. The number of carboxylic acids is 2. The number of benzene rings is 3. The van der Waals surface area contributed by atoms with Gasteiger partial charge in [0.25, 0.3) is 0 Å². The van der Waals surface area contributed by atoms with Crippen molar-refractivity contribution < 1.29 is 73.2 Å². The molecule has 25 nitrogen and oxygen atoms in total. The predicted octanol–water partition coefficient (Wildman–Crippen LogP) is -2.93. The van der Waals surface area contributed by atoms with Gasteiger partial charge in [-0.2, -0.15) is 0 Å². The number of hydrogen-bond acceptors (Lipinski definition) is 14. The monoisotopic (exact) mass is 1020 g/mol. The Morgan fingerprint density at radius 1 is 0.575 bits per heavy atom. The molecule has 0 spiro atoms. The number of primary amides is 2. The van der Waals surface area contributed by atoms with Crippen molar-refractivity contribution in [1.82, 2.24) is 36.8 Å². The number of nitrogens with two attached hydrogens (primary N) is 3. The molecule has 8 atom stereocenters. The van der Waals surface area contributed by atoms with Gasteiger partial charge in [-0.15, -0.1) is 0 Å². The van der Waals surface area contributed by atoms with Crippen LogP contribution in [-0.2, 0) is 72.0 Å². The zero-order valence-electron chi connectivity index (χ0n) is 39.7. The number of nitrogens with one attached hydrogen (secondary N) is 6. The van der Waals surface area contributed by atoms with Crippen molar-refractivity contribution in [2.45, 2.75) is 113 Å². The molecule has 0 aromatic heterocycles. The number of likely N-dealkylation sites (tertiary alicyclic amines) is 1. The minimum atomic E-state index is -1.77. The summed E-state index contributed by atoms with van der Waals surface area (Å²) < 4.78 is 0. The standard InChI is InChI=1S/C48H60N10O15/c1-25(41(65)53-32(48(72)73)17-18-38(50)61)52-43(67)35(24-39(51)62)55-44(68)33(21-27-9-13-29(59)14-10-27)54-45(69)34(20-26-6-3-2-4-7-26)56-46(70)37-8-5-19-58(37)47(71)36(22-28-11-15-30(60)16-12-28)57-42(66)31(49)23-40(63)64/h2-4,6-7,9-16,25,31-37,59-60H,5,8,17-24,49H2,1H3,(H2,50,61)(H2,51,62)(H,52,67)(H,53,65)(H,54,69)(H,55,68)(H,56,70)(H,57,66)(H,63,64)(H,72,73)/t25-,31-,32-,33-,34-,35-,36-,37-/m0/s1. The fourth-order valence-electron chi connectivity index (χ4n) is 7.71. The van der Waals surface area contributed by atoms with Gasteiger partial charge in [-0.1, -0.05) is 54.6 Å². The van der Waals surface area contributed by atoms with Crippen molar-refractivity contribution in [2.75, 3.05) is 6.54 Å². The van der Waals surface area contributed by atoms with E-state index in [1.165, 1.54) is 60.4 Å². The van der Waals surface area contributed by atoms with Crippen molar-refractivity contribution in [1.29, 1.82) is 0 Å². The van der Waals surface area contributed by atoms with Gasteiger partial charge in [0.15, 0.2) is 0 Å². The molecule has 9 amide bonds. The third-order valence-electron chi connectivity index (χ3n) is 11.6. The first kappa shape index (κ1) is 57.0. The fraction of sp³-hybridized carbons (Fsp3) is 0.396. The molecule has 73 heavy (non-hydrogen) atoms. The Kier molecular flexibility index (Phi) is 21.2. The predicted molar refractivity (Wildman–Crippen MR) is 256 cm³/mol.